The van der Waals surface area contributed by atoms with E-state index >= 15 is 0 Å². The Morgan fingerprint density at radius 3 is 2.85 bits per heavy atom. The number of nitrogens with two attached hydrogens (primary N) is 1. The molecule has 3 atom stereocenters. The predicted octanol–water partition coefficient (Wildman–Crippen LogP) is 1.33. The summed E-state index contributed by atoms with van der Waals surface area (Å²) in [5.74, 6) is 7.98. The van der Waals surface area contributed by atoms with Gasteiger partial charge in [0, 0.05) is 6.04 Å². The molecule has 20 heavy (non-hydrogen) atoms. The largest absolute Gasteiger partial charge is 0.352 e. The van der Waals surface area contributed by atoms with Crippen LogP contribution in [-0.2, 0) is 4.79 Å². The number of nitrogen functional groups attached to an aromatic ring is 1. The number of amides is 1. The van der Waals surface area contributed by atoms with E-state index in [-0.39, 0.29) is 5.91 Å². The molecule has 2 rings (SSSR count). The number of aryl methyl sites for hydroxylation is 1. The van der Waals surface area contributed by atoms with Crippen molar-refractivity contribution in [2.75, 3.05) is 11.6 Å². The quantitative estimate of drug-likeness (QED) is 0.647. The lowest BCUT2D eigenvalue weighted by atomic mass is 9.78. The molecule has 0 radical (unpaired) electrons. The monoisotopic (exact) mass is 297 g/mol. The highest BCUT2D eigenvalue weighted by atomic mass is 32.2. The van der Waals surface area contributed by atoms with Crippen LogP contribution >= 0.6 is 11.8 Å². The summed E-state index contributed by atoms with van der Waals surface area (Å²) < 4.78 is 1.41. The first-order valence-electron chi connectivity index (χ1n) is 7.08. The van der Waals surface area contributed by atoms with Gasteiger partial charge in [-0.05, 0) is 25.2 Å². The van der Waals surface area contributed by atoms with E-state index in [1.54, 1.807) is 6.92 Å². The zero-order valence-electron chi connectivity index (χ0n) is 12.3. The molecular formula is C13H23N5OS. The molecule has 1 amide bonds. The van der Waals surface area contributed by atoms with Crippen LogP contribution in [0.15, 0.2) is 5.16 Å². The van der Waals surface area contributed by atoms with Crippen LogP contribution in [0.25, 0.3) is 0 Å². The normalized spacial score (nSPS) is 26.4. The van der Waals surface area contributed by atoms with E-state index in [9.17, 15) is 4.79 Å². The summed E-state index contributed by atoms with van der Waals surface area (Å²) in [5.41, 5.74) is 0. The Kier molecular flexibility index (Phi) is 4.91. The van der Waals surface area contributed by atoms with Gasteiger partial charge in [0.05, 0.1) is 5.75 Å². The molecular weight excluding hydrogens is 274 g/mol. The number of rotatable bonds is 4. The molecule has 0 bridgehead atoms. The molecule has 0 aromatic carbocycles. The number of hydrogen-bond donors (Lipinski definition) is 2. The van der Waals surface area contributed by atoms with Gasteiger partial charge in [0.25, 0.3) is 0 Å². The van der Waals surface area contributed by atoms with Crippen molar-refractivity contribution in [3.05, 3.63) is 5.82 Å². The fourth-order valence-corrected chi connectivity index (χ4v) is 3.33. The fraction of sp³-hybridized carbons (Fsp3) is 0.769. The number of nitrogens with one attached hydrogen (secondary N) is 1. The first-order chi connectivity index (χ1) is 9.49. The van der Waals surface area contributed by atoms with Gasteiger partial charge in [0.2, 0.25) is 11.1 Å². The number of carbonyl (C=O) groups excluding carboxylic acids is 1. The topological polar surface area (TPSA) is 85.8 Å². The van der Waals surface area contributed by atoms with Gasteiger partial charge >= 0.3 is 0 Å². The SMILES string of the molecule is Cc1nnc(SCC(=O)N[C@H]2CCC[C@H](C)[C@@H]2C)n1N. The van der Waals surface area contributed by atoms with Gasteiger partial charge < -0.3 is 11.2 Å². The first kappa shape index (κ1) is 15.2. The molecule has 1 saturated carbocycles. The molecule has 1 aromatic rings. The molecule has 1 heterocycles. The average Bonchev–Trinajstić information content (AvgIpc) is 2.73. The summed E-state index contributed by atoms with van der Waals surface area (Å²) in [7, 11) is 0. The third-order valence-corrected chi connectivity index (χ3v) is 5.16. The van der Waals surface area contributed by atoms with Crippen molar-refractivity contribution in [2.45, 2.75) is 51.2 Å². The van der Waals surface area contributed by atoms with Crippen LogP contribution in [0.3, 0.4) is 0 Å². The minimum absolute atomic E-state index is 0.0432. The molecule has 6 nitrogen and oxygen atoms in total. The smallest absolute Gasteiger partial charge is 0.230 e. The minimum atomic E-state index is 0.0432. The summed E-state index contributed by atoms with van der Waals surface area (Å²) in [5, 5.41) is 11.5. The minimum Gasteiger partial charge on any atom is -0.352 e. The summed E-state index contributed by atoms with van der Waals surface area (Å²) in [6.07, 6.45) is 3.53. The Bertz CT molecular complexity index is 475. The molecule has 0 spiro atoms. The van der Waals surface area contributed by atoms with Crippen molar-refractivity contribution in [1.29, 1.82) is 0 Å². The van der Waals surface area contributed by atoms with E-state index < -0.39 is 0 Å². The Morgan fingerprint density at radius 2 is 2.20 bits per heavy atom. The van der Waals surface area contributed by atoms with Gasteiger partial charge in [-0.25, -0.2) is 4.68 Å². The first-order valence-corrected chi connectivity index (χ1v) is 8.07. The highest BCUT2D eigenvalue weighted by molar-refractivity contribution is 7.99. The maximum atomic E-state index is 12.0. The van der Waals surface area contributed by atoms with Crippen LogP contribution in [0, 0.1) is 18.8 Å². The third-order valence-electron chi connectivity index (χ3n) is 4.22. The Balaban J connectivity index is 1.82. The maximum Gasteiger partial charge on any atom is 0.230 e. The number of aromatic nitrogens is 3. The second-order valence-corrected chi connectivity index (χ2v) is 6.57. The molecule has 1 aromatic heterocycles. The van der Waals surface area contributed by atoms with E-state index in [1.807, 2.05) is 0 Å². The molecule has 3 N–H and O–H groups in total. The molecule has 1 aliphatic rings. The third kappa shape index (κ3) is 3.45. The standard InChI is InChI=1S/C13H23N5OS/c1-8-5-4-6-11(9(8)2)15-12(19)7-20-13-17-16-10(3)18(13)14/h8-9,11H,4-7,14H2,1-3H3,(H,15,19)/t8-,9-,11-/m0/s1. The van der Waals surface area contributed by atoms with Crippen LogP contribution in [0.1, 0.15) is 38.9 Å². The summed E-state index contributed by atoms with van der Waals surface area (Å²) in [6, 6.07) is 0.296. The number of thioether (sulfide) groups is 1. The van der Waals surface area contributed by atoms with Gasteiger partial charge in [0.15, 0.2) is 0 Å². The summed E-state index contributed by atoms with van der Waals surface area (Å²) >= 11 is 1.32. The predicted molar refractivity (Wildman–Crippen MR) is 79.7 cm³/mol. The van der Waals surface area contributed by atoms with Crippen LogP contribution in [0.2, 0.25) is 0 Å². The molecule has 0 aliphatic heterocycles. The van der Waals surface area contributed by atoms with E-state index in [0.29, 0.717) is 34.6 Å². The Labute approximate surface area is 123 Å². The van der Waals surface area contributed by atoms with Crippen molar-refractivity contribution in [2.24, 2.45) is 11.8 Å². The highest BCUT2D eigenvalue weighted by Crippen LogP contribution is 2.29. The van der Waals surface area contributed by atoms with Crippen LogP contribution in [0.4, 0.5) is 0 Å². The lowest BCUT2D eigenvalue weighted by Crippen LogP contribution is -2.44. The van der Waals surface area contributed by atoms with Crippen molar-refractivity contribution in [3.8, 4) is 0 Å². The number of carbonyl (C=O) groups is 1. The van der Waals surface area contributed by atoms with Gasteiger partial charge in [-0.1, -0.05) is 38.5 Å². The van der Waals surface area contributed by atoms with E-state index in [0.717, 1.165) is 6.42 Å². The molecule has 1 fully saturated rings. The highest BCUT2D eigenvalue weighted by Gasteiger charge is 2.28. The van der Waals surface area contributed by atoms with Crippen LogP contribution in [-0.4, -0.2) is 32.6 Å². The zero-order chi connectivity index (χ0) is 14.7. The zero-order valence-corrected chi connectivity index (χ0v) is 13.1. The molecule has 112 valence electrons. The summed E-state index contributed by atoms with van der Waals surface area (Å²) in [6.45, 7) is 6.27. The Morgan fingerprint density at radius 1 is 1.45 bits per heavy atom. The van der Waals surface area contributed by atoms with E-state index in [1.165, 1.54) is 29.3 Å². The van der Waals surface area contributed by atoms with Crippen LogP contribution < -0.4 is 11.2 Å². The summed E-state index contributed by atoms with van der Waals surface area (Å²) in [4.78, 5) is 12.0. The average molecular weight is 297 g/mol. The van der Waals surface area contributed by atoms with Gasteiger partial charge in [-0.15, -0.1) is 10.2 Å². The van der Waals surface area contributed by atoms with Crippen LogP contribution in [0.5, 0.6) is 0 Å². The lowest BCUT2D eigenvalue weighted by molar-refractivity contribution is -0.120. The van der Waals surface area contributed by atoms with Gasteiger partial charge in [0.1, 0.15) is 5.82 Å². The van der Waals surface area contributed by atoms with Crippen molar-refractivity contribution in [3.63, 3.8) is 0 Å². The molecule has 1 aliphatic carbocycles. The second-order valence-electron chi connectivity index (χ2n) is 5.63. The number of hydrogen-bond acceptors (Lipinski definition) is 5. The van der Waals surface area contributed by atoms with Gasteiger partial charge in [-0.3, -0.25) is 4.79 Å². The molecule has 0 saturated heterocycles. The molecule has 7 heteroatoms. The lowest BCUT2D eigenvalue weighted by Gasteiger charge is -2.34. The molecule has 0 unspecified atom stereocenters. The number of nitrogens with zero attached hydrogens (tertiary/aromatic N) is 3. The Hall–Kier alpha value is -1.24. The van der Waals surface area contributed by atoms with Crippen molar-refractivity contribution in [1.82, 2.24) is 20.2 Å². The second kappa shape index (κ2) is 6.47. The van der Waals surface area contributed by atoms with Gasteiger partial charge in [-0.2, -0.15) is 0 Å². The fourth-order valence-electron chi connectivity index (χ4n) is 2.61. The maximum absolute atomic E-state index is 12.0. The van der Waals surface area contributed by atoms with Crippen molar-refractivity contribution < 1.29 is 4.79 Å². The van der Waals surface area contributed by atoms with E-state index in [4.69, 9.17) is 5.84 Å². The van der Waals surface area contributed by atoms with E-state index in [2.05, 4.69) is 29.4 Å². The van der Waals surface area contributed by atoms with Crippen molar-refractivity contribution >= 4 is 17.7 Å².